The Kier molecular flexibility index (Phi) is 4.59. The number of rotatable bonds is 4. The summed E-state index contributed by atoms with van der Waals surface area (Å²) in [6, 6.07) is 6.26. The lowest BCUT2D eigenvalue weighted by Crippen LogP contribution is -2.42. The summed E-state index contributed by atoms with van der Waals surface area (Å²) in [5.74, 6) is 0.148. The van der Waals surface area contributed by atoms with Crippen LogP contribution in [0.25, 0.3) is 0 Å². The largest absolute Gasteiger partial charge is 0.392 e. The number of anilines is 1. The smallest absolute Gasteiger partial charge is 0.237 e. The van der Waals surface area contributed by atoms with Crippen LogP contribution in [0.1, 0.15) is 12.8 Å². The number of amides is 1. The molecule has 2 heterocycles. The van der Waals surface area contributed by atoms with Crippen molar-refractivity contribution >= 4 is 11.6 Å². The van der Waals surface area contributed by atoms with Gasteiger partial charge in [-0.2, -0.15) is 0 Å². The third kappa shape index (κ3) is 3.56. The van der Waals surface area contributed by atoms with Crippen LogP contribution in [0.5, 0.6) is 0 Å². The van der Waals surface area contributed by atoms with E-state index in [0.29, 0.717) is 25.4 Å². The van der Waals surface area contributed by atoms with Gasteiger partial charge in [-0.15, -0.1) is 0 Å². The van der Waals surface area contributed by atoms with Gasteiger partial charge in [0.15, 0.2) is 0 Å². The number of hydrogen-bond acceptors (Lipinski definition) is 4. The number of nitrogens with zero attached hydrogens (tertiary/aromatic N) is 1. The van der Waals surface area contributed by atoms with Gasteiger partial charge < -0.3 is 20.6 Å². The normalized spacial score (nSPS) is 28.1. The van der Waals surface area contributed by atoms with E-state index in [2.05, 4.69) is 15.5 Å². The topological polar surface area (TPSA) is 64.6 Å². The fourth-order valence-corrected chi connectivity index (χ4v) is 3.17. The number of nitrogens with one attached hydrogen (secondary N) is 2. The zero-order chi connectivity index (χ0) is 15.5. The molecular weight excluding hydrogens is 285 g/mol. The minimum Gasteiger partial charge on any atom is -0.392 e. The second kappa shape index (κ2) is 6.62. The molecule has 2 aliphatic rings. The average Bonchev–Trinajstić information content (AvgIpc) is 3.15. The third-order valence-corrected chi connectivity index (χ3v) is 4.47. The highest BCUT2D eigenvalue weighted by molar-refractivity contribution is 5.82. The van der Waals surface area contributed by atoms with Gasteiger partial charge >= 0.3 is 0 Å². The molecule has 0 bridgehead atoms. The first-order valence-electron chi connectivity index (χ1n) is 7.81. The predicted octanol–water partition coefficient (Wildman–Crippen LogP) is 0.491. The fourth-order valence-electron chi connectivity index (χ4n) is 3.17. The van der Waals surface area contributed by atoms with Crippen molar-refractivity contribution in [1.82, 2.24) is 10.6 Å². The molecular formula is C16H22FN3O2. The quantitative estimate of drug-likeness (QED) is 0.757. The van der Waals surface area contributed by atoms with Crippen LogP contribution in [0.2, 0.25) is 0 Å². The van der Waals surface area contributed by atoms with Crippen LogP contribution < -0.4 is 15.5 Å². The summed E-state index contributed by atoms with van der Waals surface area (Å²) in [4.78, 5) is 14.2. The zero-order valence-corrected chi connectivity index (χ0v) is 12.5. The predicted molar refractivity (Wildman–Crippen MR) is 82.1 cm³/mol. The Labute approximate surface area is 129 Å². The lowest BCUT2D eigenvalue weighted by atomic mass is 10.1. The number of carbonyl (C=O) groups is 1. The molecule has 3 rings (SSSR count). The zero-order valence-electron chi connectivity index (χ0n) is 12.5. The molecule has 1 amide bonds. The Morgan fingerprint density at radius 3 is 2.86 bits per heavy atom. The molecule has 2 fully saturated rings. The van der Waals surface area contributed by atoms with Gasteiger partial charge in [0.2, 0.25) is 5.91 Å². The van der Waals surface area contributed by atoms with Gasteiger partial charge in [0.1, 0.15) is 5.82 Å². The Morgan fingerprint density at radius 1 is 1.41 bits per heavy atom. The van der Waals surface area contributed by atoms with Crippen molar-refractivity contribution in [2.24, 2.45) is 5.92 Å². The Hall–Kier alpha value is -1.66. The molecule has 0 radical (unpaired) electrons. The first-order chi connectivity index (χ1) is 10.6. The molecule has 1 aromatic carbocycles. The lowest BCUT2D eigenvalue weighted by Gasteiger charge is -2.19. The SMILES string of the molecule is O=C(NC[C@@H]1CCN(c2ccc(F)cc2)C1)[C@@H]1C[C@H](O)CN1. The summed E-state index contributed by atoms with van der Waals surface area (Å²) in [6.45, 7) is 2.92. The standard InChI is InChI=1S/C16H22FN3O2/c17-12-1-3-13(4-2-12)20-6-5-11(10-20)8-19-16(22)15-7-14(21)9-18-15/h1-4,11,14-15,18,21H,5-10H2,(H,19,22)/t11-,14-,15-/m0/s1. The van der Waals surface area contributed by atoms with E-state index in [-0.39, 0.29) is 17.8 Å². The molecule has 6 heteroatoms. The van der Waals surface area contributed by atoms with Crippen LogP contribution in [0.4, 0.5) is 10.1 Å². The van der Waals surface area contributed by atoms with Crippen molar-refractivity contribution < 1.29 is 14.3 Å². The molecule has 0 spiro atoms. The van der Waals surface area contributed by atoms with Crippen LogP contribution in [0, 0.1) is 11.7 Å². The van der Waals surface area contributed by atoms with Crippen molar-refractivity contribution in [2.75, 3.05) is 31.1 Å². The van der Waals surface area contributed by atoms with Gasteiger partial charge in [-0.05, 0) is 43.0 Å². The molecule has 0 aromatic heterocycles. The van der Waals surface area contributed by atoms with Gasteiger partial charge in [-0.3, -0.25) is 4.79 Å². The lowest BCUT2D eigenvalue weighted by molar-refractivity contribution is -0.123. The number of hydrogen-bond donors (Lipinski definition) is 3. The second-order valence-corrected chi connectivity index (χ2v) is 6.17. The molecule has 3 N–H and O–H groups in total. The molecule has 0 aliphatic carbocycles. The Balaban J connectivity index is 1.45. The van der Waals surface area contributed by atoms with E-state index in [4.69, 9.17) is 0 Å². The molecule has 5 nitrogen and oxygen atoms in total. The highest BCUT2D eigenvalue weighted by atomic mass is 19.1. The molecule has 22 heavy (non-hydrogen) atoms. The number of β-amino-alcohol motifs (C(OH)–C–C–N with tert-alkyl or cyclic N) is 1. The van der Waals surface area contributed by atoms with Gasteiger partial charge in [0.05, 0.1) is 12.1 Å². The summed E-state index contributed by atoms with van der Waals surface area (Å²) in [6.07, 6.45) is 1.08. The van der Waals surface area contributed by atoms with E-state index in [0.717, 1.165) is 25.2 Å². The van der Waals surface area contributed by atoms with Crippen LogP contribution in [0.15, 0.2) is 24.3 Å². The number of carbonyl (C=O) groups excluding carboxylic acids is 1. The van der Waals surface area contributed by atoms with E-state index in [1.165, 1.54) is 12.1 Å². The van der Waals surface area contributed by atoms with Crippen molar-refractivity contribution in [2.45, 2.75) is 25.0 Å². The molecule has 0 unspecified atom stereocenters. The first kappa shape index (κ1) is 15.2. The molecule has 2 saturated heterocycles. The van der Waals surface area contributed by atoms with Crippen LogP contribution >= 0.6 is 0 Å². The van der Waals surface area contributed by atoms with Crippen LogP contribution in [0.3, 0.4) is 0 Å². The maximum atomic E-state index is 12.9. The number of halogens is 1. The average molecular weight is 307 g/mol. The maximum Gasteiger partial charge on any atom is 0.237 e. The monoisotopic (exact) mass is 307 g/mol. The van der Waals surface area contributed by atoms with E-state index >= 15 is 0 Å². The number of aliphatic hydroxyl groups excluding tert-OH is 1. The summed E-state index contributed by atoms with van der Waals surface area (Å²) >= 11 is 0. The number of aliphatic hydroxyl groups is 1. The fraction of sp³-hybridized carbons (Fsp3) is 0.562. The van der Waals surface area contributed by atoms with Crippen molar-refractivity contribution in [1.29, 1.82) is 0 Å². The molecule has 3 atom stereocenters. The third-order valence-electron chi connectivity index (χ3n) is 4.47. The molecule has 0 saturated carbocycles. The summed E-state index contributed by atoms with van der Waals surface area (Å²) in [5.41, 5.74) is 1.02. The van der Waals surface area contributed by atoms with Crippen LogP contribution in [-0.4, -0.2) is 49.3 Å². The van der Waals surface area contributed by atoms with Crippen molar-refractivity contribution in [3.05, 3.63) is 30.1 Å². The minimum atomic E-state index is -0.420. The molecule has 120 valence electrons. The minimum absolute atomic E-state index is 0.0308. The second-order valence-electron chi connectivity index (χ2n) is 6.17. The van der Waals surface area contributed by atoms with Gasteiger partial charge in [0.25, 0.3) is 0 Å². The van der Waals surface area contributed by atoms with Crippen molar-refractivity contribution in [3.63, 3.8) is 0 Å². The maximum absolute atomic E-state index is 12.9. The highest BCUT2D eigenvalue weighted by Crippen LogP contribution is 2.23. The van der Waals surface area contributed by atoms with Crippen molar-refractivity contribution in [3.8, 4) is 0 Å². The van der Waals surface area contributed by atoms with E-state index < -0.39 is 6.10 Å². The first-order valence-corrected chi connectivity index (χ1v) is 7.81. The summed E-state index contributed by atoms with van der Waals surface area (Å²) < 4.78 is 12.9. The van der Waals surface area contributed by atoms with Gasteiger partial charge in [-0.25, -0.2) is 4.39 Å². The van der Waals surface area contributed by atoms with E-state index in [1.54, 1.807) is 12.1 Å². The number of benzene rings is 1. The Morgan fingerprint density at radius 2 is 2.18 bits per heavy atom. The van der Waals surface area contributed by atoms with E-state index in [1.807, 2.05) is 0 Å². The summed E-state index contributed by atoms with van der Waals surface area (Å²) in [7, 11) is 0. The van der Waals surface area contributed by atoms with Crippen LogP contribution in [-0.2, 0) is 4.79 Å². The van der Waals surface area contributed by atoms with E-state index in [9.17, 15) is 14.3 Å². The Bertz CT molecular complexity index is 523. The van der Waals surface area contributed by atoms with Gasteiger partial charge in [0, 0.05) is 31.9 Å². The molecule has 1 aromatic rings. The molecule has 2 aliphatic heterocycles. The summed E-state index contributed by atoms with van der Waals surface area (Å²) in [5, 5.41) is 15.4. The van der Waals surface area contributed by atoms with Gasteiger partial charge in [-0.1, -0.05) is 0 Å². The highest BCUT2D eigenvalue weighted by Gasteiger charge is 2.29.